The fourth-order valence-corrected chi connectivity index (χ4v) is 2.20. The van der Waals surface area contributed by atoms with E-state index in [1.165, 1.54) is 11.3 Å². The van der Waals surface area contributed by atoms with Crippen molar-refractivity contribution in [3.8, 4) is 0 Å². The van der Waals surface area contributed by atoms with E-state index in [9.17, 15) is 4.79 Å². The first-order valence-corrected chi connectivity index (χ1v) is 5.79. The van der Waals surface area contributed by atoms with Crippen molar-refractivity contribution in [1.29, 1.82) is 0 Å². The van der Waals surface area contributed by atoms with Crippen LogP contribution in [0.3, 0.4) is 0 Å². The minimum Gasteiger partial charge on any atom is -0.309 e. The molecule has 0 radical (unpaired) electrons. The molecule has 0 saturated heterocycles. The maximum atomic E-state index is 11.7. The number of pyridine rings is 1. The SMILES string of the molecule is O=c1ccc2c(n1C/C=C/CCl)CCC2. The fourth-order valence-electron chi connectivity index (χ4n) is 2.08. The van der Waals surface area contributed by atoms with Crippen LogP contribution in [-0.4, -0.2) is 10.4 Å². The summed E-state index contributed by atoms with van der Waals surface area (Å²) < 4.78 is 1.85. The summed E-state index contributed by atoms with van der Waals surface area (Å²) in [4.78, 5) is 11.7. The van der Waals surface area contributed by atoms with Gasteiger partial charge in [0.25, 0.3) is 5.56 Å². The molecule has 3 heteroatoms. The summed E-state index contributed by atoms with van der Waals surface area (Å²) in [5, 5.41) is 0. The molecule has 1 aliphatic rings. The first-order valence-electron chi connectivity index (χ1n) is 5.25. The van der Waals surface area contributed by atoms with Gasteiger partial charge in [0, 0.05) is 24.2 Å². The van der Waals surface area contributed by atoms with Crippen LogP contribution >= 0.6 is 11.6 Å². The van der Waals surface area contributed by atoms with Crippen LogP contribution in [0, 0.1) is 0 Å². The summed E-state index contributed by atoms with van der Waals surface area (Å²) >= 11 is 5.55. The lowest BCUT2D eigenvalue weighted by Gasteiger charge is -2.08. The molecular weight excluding hydrogens is 210 g/mol. The van der Waals surface area contributed by atoms with Crippen molar-refractivity contribution in [2.45, 2.75) is 25.8 Å². The first kappa shape index (κ1) is 10.5. The van der Waals surface area contributed by atoms with Gasteiger partial charge < -0.3 is 4.57 Å². The monoisotopic (exact) mass is 223 g/mol. The average molecular weight is 224 g/mol. The second-order valence-electron chi connectivity index (χ2n) is 3.73. The van der Waals surface area contributed by atoms with E-state index < -0.39 is 0 Å². The third-order valence-electron chi connectivity index (χ3n) is 2.79. The summed E-state index contributed by atoms with van der Waals surface area (Å²) in [6, 6.07) is 3.63. The molecule has 1 aromatic rings. The highest BCUT2D eigenvalue weighted by Gasteiger charge is 2.14. The van der Waals surface area contributed by atoms with Gasteiger partial charge in [-0.3, -0.25) is 4.79 Å². The highest BCUT2D eigenvalue weighted by atomic mass is 35.5. The Kier molecular flexibility index (Phi) is 3.27. The Labute approximate surface area is 94.2 Å². The van der Waals surface area contributed by atoms with Crippen molar-refractivity contribution < 1.29 is 0 Å². The van der Waals surface area contributed by atoms with Gasteiger partial charge in [0.2, 0.25) is 0 Å². The zero-order valence-electron chi connectivity index (χ0n) is 8.58. The van der Waals surface area contributed by atoms with Gasteiger partial charge in [-0.2, -0.15) is 0 Å². The Morgan fingerprint density at radius 2 is 2.20 bits per heavy atom. The van der Waals surface area contributed by atoms with Gasteiger partial charge in [-0.1, -0.05) is 18.2 Å². The van der Waals surface area contributed by atoms with E-state index in [1.807, 2.05) is 22.8 Å². The van der Waals surface area contributed by atoms with Crippen molar-refractivity contribution in [2.75, 3.05) is 5.88 Å². The summed E-state index contributed by atoms with van der Waals surface area (Å²) in [5.74, 6) is 0.504. The van der Waals surface area contributed by atoms with Gasteiger partial charge in [0.05, 0.1) is 0 Å². The number of hydrogen-bond donors (Lipinski definition) is 0. The van der Waals surface area contributed by atoms with Gasteiger partial charge in [0.1, 0.15) is 0 Å². The van der Waals surface area contributed by atoms with E-state index in [2.05, 4.69) is 0 Å². The third kappa shape index (κ3) is 2.15. The number of aromatic nitrogens is 1. The van der Waals surface area contributed by atoms with Crippen LogP contribution in [0.2, 0.25) is 0 Å². The summed E-state index contributed by atoms with van der Waals surface area (Å²) in [7, 11) is 0. The molecule has 2 nitrogen and oxygen atoms in total. The predicted molar refractivity (Wildman–Crippen MR) is 62.6 cm³/mol. The van der Waals surface area contributed by atoms with Crippen molar-refractivity contribution in [2.24, 2.45) is 0 Å². The second-order valence-corrected chi connectivity index (χ2v) is 4.04. The molecule has 80 valence electrons. The quantitative estimate of drug-likeness (QED) is 0.569. The van der Waals surface area contributed by atoms with Gasteiger partial charge in [-0.25, -0.2) is 0 Å². The van der Waals surface area contributed by atoms with Crippen molar-refractivity contribution in [3.63, 3.8) is 0 Å². The number of halogens is 1. The number of nitrogens with zero attached hydrogens (tertiary/aromatic N) is 1. The van der Waals surface area contributed by atoms with E-state index in [-0.39, 0.29) is 5.56 Å². The van der Waals surface area contributed by atoms with Gasteiger partial charge in [-0.05, 0) is 24.8 Å². The Morgan fingerprint density at radius 1 is 1.33 bits per heavy atom. The molecule has 0 unspecified atom stereocenters. The van der Waals surface area contributed by atoms with Crippen LogP contribution in [0.4, 0.5) is 0 Å². The standard InChI is InChI=1S/C12H14ClNO/c13-8-1-2-9-14-11-5-3-4-10(11)6-7-12(14)15/h1-2,6-7H,3-5,8-9H2/b2-1+. The molecule has 1 aromatic heterocycles. The topological polar surface area (TPSA) is 22.0 Å². The lowest BCUT2D eigenvalue weighted by atomic mass is 10.2. The number of rotatable bonds is 3. The molecule has 0 atom stereocenters. The normalized spacial score (nSPS) is 14.7. The largest absolute Gasteiger partial charge is 0.309 e. The average Bonchev–Trinajstić information content (AvgIpc) is 2.69. The second kappa shape index (κ2) is 4.67. The minimum absolute atomic E-state index is 0.0925. The number of aryl methyl sites for hydroxylation is 1. The van der Waals surface area contributed by atoms with Crippen LogP contribution in [0.15, 0.2) is 29.1 Å². The van der Waals surface area contributed by atoms with Crippen molar-refractivity contribution in [3.05, 3.63) is 45.9 Å². The molecule has 0 fully saturated rings. The van der Waals surface area contributed by atoms with Gasteiger partial charge in [-0.15, -0.1) is 11.6 Å². The summed E-state index contributed by atoms with van der Waals surface area (Å²) in [6.07, 6.45) is 7.13. The zero-order valence-corrected chi connectivity index (χ0v) is 9.33. The molecule has 1 heterocycles. The van der Waals surface area contributed by atoms with E-state index in [4.69, 9.17) is 11.6 Å². The predicted octanol–water partition coefficient (Wildman–Crippen LogP) is 2.13. The molecule has 0 saturated carbocycles. The van der Waals surface area contributed by atoms with Crippen LogP contribution < -0.4 is 5.56 Å². The molecule has 0 bridgehead atoms. The van der Waals surface area contributed by atoms with E-state index in [1.54, 1.807) is 6.07 Å². The lowest BCUT2D eigenvalue weighted by molar-refractivity contribution is 0.721. The fraction of sp³-hybridized carbons (Fsp3) is 0.417. The van der Waals surface area contributed by atoms with Crippen LogP contribution in [0.25, 0.3) is 0 Å². The molecule has 15 heavy (non-hydrogen) atoms. The van der Waals surface area contributed by atoms with E-state index >= 15 is 0 Å². The van der Waals surface area contributed by atoms with Gasteiger partial charge >= 0.3 is 0 Å². The molecule has 0 aromatic carbocycles. The minimum atomic E-state index is 0.0925. The number of hydrogen-bond acceptors (Lipinski definition) is 1. The van der Waals surface area contributed by atoms with Crippen molar-refractivity contribution in [1.82, 2.24) is 4.57 Å². The van der Waals surface area contributed by atoms with Crippen LogP contribution in [0.5, 0.6) is 0 Å². The zero-order chi connectivity index (χ0) is 10.7. The molecule has 0 aliphatic heterocycles. The highest BCUT2D eigenvalue weighted by Crippen LogP contribution is 2.19. The van der Waals surface area contributed by atoms with Crippen LogP contribution in [0.1, 0.15) is 17.7 Å². The van der Waals surface area contributed by atoms with E-state index in [0.29, 0.717) is 12.4 Å². The first-order chi connectivity index (χ1) is 7.33. The molecule has 0 amide bonds. The number of alkyl halides is 1. The smallest absolute Gasteiger partial charge is 0.251 e. The number of allylic oxidation sites excluding steroid dienone is 2. The van der Waals surface area contributed by atoms with Crippen molar-refractivity contribution >= 4 is 11.6 Å². The van der Waals surface area contributed by atoms with Crippen LogP contribution in [-0.2, 0) is 19.4 Å². The lowest BCUT2D eigenvalue weighted by Crippen LogP contribution is -2.21. The highest BCUT2D eigenvalue weighted by molar-refractivity contribution is 6.18. The maximum absolute atomic E-state index is 11.7. The molecule has 2 rings (SSSR count). The summed E-state index contributed by atoms with van der Waals surface area (Å²) in [5.41, 5.74) is 2.63. The summed E-state index contributed by atoms with van der Waals surface area (Å²) in [6.45, 7) is 0.648. The maximum Gasteiger partial charge on any atom is 0.251 e. The molecule has 1 aliphatic carbocycles. The Hall–Kier alpha value is -1.02. The number of fused-ring (bicyclic) bond motifs is 1. The Balaban J connectivity index is 2.33. The molecule has 0 spiro atoms. The molecular formula is C12H14ClNO. The van der Waals surface area contributed by atoms with Gasteiger partial charge in [0.15, 0.2) is 0 Å². The Bertz CT molecular complexity index is 434. The third-order valence-corrected chi connectivity index (χ3v) is 2.97. The Morgan fingerprint density at radius 3 is 3.00 bits per heavy atom. The molecule has 0 N–H and O–H groups in total. The van der Waals surface area contributed by atoms with E-state index in [0.717, 1.165) is 19.3 Å².